The first-order valence-corrected chi connectivity index (χ1v) is 7.96. The Balaban J connectivity index is 1.63. The van der Waals surface area contributed by atoms with Gasteiger partial charge in [0.2, 0.25) is 0 Å². The highest BCUT2D eigenvalue weighted by atomic mass is 19.4. The van der Waals surface area contributed by atoms with Crippen LogP contribution in [-0.2, 0) is 15.7 Å². The largest absolute Gasteiger partial charge is 0.416 e. The van der Waals surface area contributed by atoms with Crippen LogP contribution >= 0.6 is 0 Å². The van der Waals surface area contributed by atoms with Crippen LogP contribution < -0.4 is 4.90 Å². The van der Waals surface area contributed by atoms with Crippen LogP contribution in [0.1, 0.15) is 18.4 Å². The second-order valence-electron chi connectivity index (χ2n) is 6.15. The number of pyridine rings is 1. The van der Waals surface area contributed by atoms with Gasteiger partial charge in [-0.1, -0.05) is 6.07 Å². The molecule has 3 heterocycles. The van der Waals surface area contributed by atoms with Crippen LogP contribution in [0, 0.1) is 0 Å². The monoisotopic (exact) mass is 338 g/mol. The molecule has 0 saturated carbocycles. The number of aromatic nitrogens is 1. The van der Waals surface area contributed by atoms with E-state index in [-0.39, 0.29) is 0 Å². The summed E-state index contributed by atoms with van der Waals surface area (Å²) >= 11 is 0. The van der Waals surface area contributed by atoms with Crippen LogP contribution in [0.4, 0.5) is 18.9 Å². The summed E-state index contributed by atoms with van der Waals surface area (Å²) < 4.78 is 50.1. The Bertz CT molecular complexity index is 747. The molecule has 0 unspecified atom stereocenters. The molecule has 1 spiro atoms. The van der Waals surface area contributed by atoms with Crippen molar-refractivity contribution in [3.8, 4) is 0 Å². The van der Waals surface area contributed by atoms with E-state index in [0.717, 1.165) is 49.1 Å². The van der Waals surface area contributed by atoms with E-state index >= 15 is 0 Å². The molecule has 2 saturated heterocycles. The first-order valence-electron chi connectivity index (χ1n) is 7.96. The van der Waals surface area contributed by atoms with Gasteiger partial charge in [0.1, 0.15) is 0 Å². The zero-order chi connectivity index (χ0) is 16.8. The molecule has 0 radical (unpaired) electrons. The van der Waals surface area contributed by atoms with Gasteiger partial charge in [-0.15, -0.1) is 0 Å². The maximum atomic E-state index is 12.9. The SMILES string of the molecule is FC(F)(F)c1ccc2c(N3CCC4(CC3)OCCO4)ccnc2c1. The van der Waals surface area contributed by atoms with Crippen molar-refractivity contribution in [2.24, 2.45) is 0 Å². The van der Waals surface area contributed by atoms with Gasteiger partial charge in [0.25, 0.3) is 0 Å². The minimum atomic E-state index is -4.36. The number of benzene rings is 1. The van der Waals surface area contributed by atoms with Crippen molar-refractivity contribution in [2.75, 3.05) is 31.2 Å². The number of anilines is 1. The van der Waals surface area contributed by atoms with Crippen LogP contribution in [0.25, 0.3) is 10.9 Å². The number of alkyl halides is 3. The molecule has 1 aromatic heterocycles. The number of rotatable bonds is 1. The van der Waals surface area contributed by atoms with Gasteiger partial charge in [0.15, 0.2) is 5.79 Å². The van der Waals surface area contributed by atoms with Gasteiger partial charge in [-0.05, 0) is 18.2 Å². The molecule has 4 nitrogen and oxygen atoms in total. The lowest BCUT2D eigenvalue weighted by Crippen LogP contribution is -2.45. The summed E-state index contributed by atoms with van der Waals surface area (Å²) in [5, 5.41) is 0.731. The lowest BCUT2D eigenvalue weighted by molar-refractivity contribution is -0.169. The topological polar surface area (TPSA) is 34.6 Å². The molecule has 0 amide bonds. The summed E-state index contributed by atoms with van der Waals surface area (Å²) in [6.45, 7) is 2.72. The number of hydrogen-bond acceptors (Lipinski definition) is 4. The van der Waals surface area contributed by atoms with Gasteiger partial charge in [-0.25, -0.2) is 0 Å². The van der Waals surface area contributed by atoms with Crippen LogP contribution in [0.3, 0.4) is 0 Å². The number of ether oxygens (including phenoxy) is 2. The van der Waals surface area contributed by atoms with E-state index in [1.807, 2.05) is 6.07 Å². The second-order valence-corrected chi connectivity index (χ2v) is 6.15. The molecular weight excluding hydrogens is 321 g/mol. The highest BCUT2D eigenvalue weighted by Crippen LogP contribution is 2.37. The fourth-order valence-electron chi connectivity index (χ4n) is 3.46. The van der Waals surface area contributed by atoms with Gasteiger partial charge in [-0.3, -0.25) is 4.98 Å². The molecule has 24 heavy (non-hydrogen) atoms. The van der Waals surface area contributed by atoms with Crippen LogP contribution in [0.2, 0.25) is 0 Å². The van der Waals surface area contributed by atoms with Crippen molar-refractivity contribution in [3.05, 3.63) is 36.0 Å². The van der Waals surface area contributed by atoms with Crippen LogP contribution in [0.5, 0.6) is 0 Å². The molecular formula is C17H17F3N2O2. The molecule has 2 aliphatic heterocycles. The van der Waals surface area contributed by atoms with Gasteiger partial charge in [0, 0.05) is 43.2 Å². The third-order valence-electron chi connectivity index (χ3n) is 4.73. The molecule has 1 aromatic carbocycles. The Kier molecular flexibility index (Phi) is 3.65. The molecule has 0 N–H and O–H groups in total. The van der Waals surface area contributed by atoms with Gasteiger partial charge in [-0.2, -0.15) is 13.2 Å². The quantitative estimate of drug-likeness (QED) is 0.796. The predicted molar refractivity (Wildman–Crippen MR) is 82.8 cm³/mol. The Morgan fingerprint density at radius 3 is 2.42 bits per heavy atom. The van der Waals surface area contributed by atoms with E-state index in [0.29, 0.717) is 18.7 Å². The van der Waals surface area contributed by atoms with E-state index < -0.39 is 17.5 Å². The Labute approximate surface area is 137 Å². The van der Waals surface area contributed by atoms with Crippen molar-refractivity contribution in [1.82, 2.24) is 4.98 Å². The van der Waals surface area contributed by atoms with Crippen molar-refractivity contribution < 1.29 is 22.6 Å². The Morgan fingerprint density at radius 1 is 1.04 bits per heavy atom. The van der Waals surface area contributed by atoms with Crippen molar-refractivity contribution >= 4 is 16.6 Å². The zero-order valence-electron chi connectivity index (χ0n) is 13.0. The number of halogens is 3. The summed E-state index contributed by atoms with van der Waals surface area (Å²) in [5.74, 6) is -0.469. The maximum absolute atomic E-state index is 12.9. The number of fused-ring (bicyclic) bond motifs is 1. The summed E-state index contributed by atoms with van der Waals surface area (Å²) in [6, 6.07) is 5.58. The molecule has 2 aromatic rings. The van der Waals surface area contributed by atoms with Gasteiger partial charge < -0.3 is 14.4 Å². The summed E-state index contributed by atoms with van der Waals surface area (Å²) in [5.41, 5.74) is 0.586. The lowest BCUT2D eigenvalue weighted by Gasteiger charge is -2.39. The number of hydrogen-bond donors (Lipinski definition) is 0. The Morgan fingerprint density at radius 2 is 1.75 bits per heavy atom. The van der Waals surface area contributed by atoms with E-state index in [9.17, 15) is 13.2 Å². The molecule has 7 heteroatoms. The molecule has 2 fully saturated rings. The van der Waals surface area contributed by atoms with Crippen LogP contribution in [-0.4, -0.2) is 37.1 Å². The normalized spacial score (nSPS) is 20.9. The average Bonchev–Trinajstić information content (AvgIpc) is 3.02. The molecule has 2 aliphatic rings. The van der Waals surface area contributed by atoms with E-state index in [1.165, 1.54) is 6.07 Å². The van der Waals surface area contributed by atoms with Crippen molar-refractivity contribution in [1.29, 1.82) is 0 Å². The van der Waals surface area contributed by atoms with Gasteiger partial charge >= 0.3 is 6.18 Å². The summed E-state index contributed by atoms with van der Waals surface area (Å²) in [7, 11) is 0. The predicted octanol–water partition coefficient (Wildman–Crippen LogP) is 3.60. The number of nitrogens with zero attached hydrogens (tertiary/aromatic N) is 2. The molecule has 128 valence electrons. The summed E-state index contributed by atoms with van der Waals surface area (Å²) in [6.07, 6.45) is -1.31. The fourth-order valence-corrected chi connectivity index (χ4v) is 3.46. The highest BCUT2D eigenvalue weighted by Gasteiger charge is 2.40. The molecule has 0 aliphatic carbocycles. The number of piperidine rings is 1. The molecule has 0 atom stereocenters. The van der Waals surface area contributed by atoms with Crippen molar-refractivity contribution in [2.45, 2.75) is 24.8 Å². The molecule has 0 bridgehead atoms. The Hall–Kier alpha value is -1.86. The average molecular weight is 338 g/mol. The van der Waals surface area contributed by atoms with Crippen molar-refractivity contribution in [3.63, 3.8) is 0 Å². The smallest absolute Gasteiger partial charge is 0.371 e. The zero-order valence-corrected chi connectivity index (χ0v) is 13.0. The van der Waals surface area contributed by atoms with E-state index in [4.69, 9.17) is 9.47 Å². The van der Waals surface area contributed by atoms with Crippen LogP contribution in [0.15, 0.2) is 30.5 Å². The molecule has 4 rings (SSSR count). The summed E-state index contributed by atoms with van der Waals surface area (Å²) in [4.78, 5) is 6.27. The standard InChI is InChI=1S/C17H17F3N2O2/c18-17(19,20)12-1-2-13-14(11-12)21-6-3-15(13)22-7-4-16(5-8-22)23-9-10-24-16/h1-3,6,11H,4-5,7-10H2. The minimum absolute atomic E-state index is 0.357. The fraction of sp³-hybridized carbons (Fsp3) is 0.471. The maximum Gasteiger partial charge on any atom is 0.416 e. The van der Waals surface area contributed by atoms with E-state index in [1.54, 1.807) is 6.20 Å². The third kappa shape index (κ3) is 2.71. The second kappa shape index (κ2) is 5.60. The first-order chi connectivity index (χ1) is 11.5. The van der Waals surface area contributed by atoms with E-state index in [2.05, 4.69) is 9.88 Å². The van der Waals surface area contributed by atoms with Gasteiger partial charge in [0.05, 0.1) is 24.3 Å². The highest BCUT2D eigenvalue weighted by molar-refractivity contribution is 5.92. The minimum Gasteiger partial charge on any atom is -0.371 e. The third-order valence-corrected chi connectivity index (χ3v) is 4.73. The lowest BCUT2D eigenvalue weighted by atomic mass is 10.0. The first kappa shape index (κ1) is 15.7.